The van der Waals surface area contributed by atoms with Gasteiger partial charge in [-0.2, -0.15) is 0 Å². The van der Waals surface area contributed by atoms with E-state index in [-0.39, 0.29) is 19.4 Å². The summed E-state index contributed by atoms with van der Waals surface area (Å²) in [5.74, 6) is -0.904. The standard InChI is InChI=1S/C47H93O10P/c1-3-5-7-9-11-13-15-17-19-21-23-25-27-29-31-33-35-37-39-47(51)57-45(43-56-58(52,53)55-41-44(49)40-48)42-54-46(50)38-36-34-32-30-28-26-24-22-20-18-16-14-12-10-8-6-4-2/h44-45,48-49H,3-43H2,1-2H3,(H,52,53)/t44-,45+/m0/s1. The fourth-order valence-corrected chi connectivity index (χ4v) is 8.02. The van der Waals surface area contributed by atoms with Crippen LogP contribution in [0, 0.1) is 0 Å². The van der Waals surface area contributed by atoms with Crippen LogP contribution in [0.3, 0.4) is 0 Å². The molecule has 0 aliphatic rings. The topological polar surface area (TPSA) is 149 Å². The monoisotopic (exact) mass is 849 g/mol. The number of aliphatic hydroxyl groups is 2. The van der Waals surface area contributed by atoms with Gasteiger partial charge in [-0.05, 0) is 12.8 Å². The molecule has 0 aliphatic heterocycles. The smallest absolute Gasteiger partial charge is 0.462 e. The average molecular weight is 849 g/mol. The molecule has 3 atom stereocenters. The van der Waals surface area contributed by atoms with Crippen LogP contribution in [0.1, 0.15) is 251 Å². The molecular weight excluding hydrogens is 755 g/mol. The van der Waals surface area contributed by atoms with Gasteiger partial charge in [0.1, 0.15) is 12.7 Å². The van der Waals surface area contributed by atoms with Gasteiger partial charge < -0.3 is 24.6 Å². The molecule has 0 radical (unpaired) electrons. The van der Waals surface area contributed by atoms with Gasteiger partial charge in [-0.1, -0.05) is 226 Å². The van der Waals surface area contributed by atoms with E-state index < -0.39 is 51.8 Å². The van der Waals surface area contributed by atoms with Crippen molar-refractivity contribution in [1.82, 2.24) is 0 Å². The van der Waals surface area contributed by atoms with Crippen molar-refractivity contribution in [2.75, 3.05) is 26.4 Å². The zero-order valence-corrected chi connectivity index (χ0v) is 38.7. The largest absolute Gasteiger partial charge is 0.472 e. The maximum atomic E-state index is 12.7. The summed E-state index contributed by atoms with van der Waals surface area (Å²) in [6.07, 6.45) is 42.1. The maximum absolute atomic E-state index is 12.7. The lowest BCUT2D eigenvalue weighted by molar-refractivity contribution is -0.161. The first-order valence-electron chi connectivity index (χ1n) is 24.5. The number of carbonyl (C=O) groups excluding carboxylic acids is 2. The molecule has 10 nitrogen and oxygen atoms in total. The molecule has 0 aromatic rings. The van der Waals surface area contributed by atoms with E-state index in [0.717, 1.165) is 32.1 Å². The molecule has 0 aliphatic carbocycles. The van der Waals surface area contributed by atoms with Crippen LogP contribution >= 0.6 is 7.82 Å². The molecule has 11 heteroatoms. The third-order valence-corrected chi connectivity index (χ3v) is 12.0. The highest BCUT2D eigenvalue weighted by Gasteiger charge is 2.27. The van der Waals surface area contributed by atoms with E-state index in [1.165, 1.54) is 180 Å². The summed E-state index contributed by atoms with van der Waals surface area (Å²) < 4.78 is 32.8. The zero-order valence-electron chi connectivity index (χ0n) is 37.8. The minimum atomic E-state index is -4.61. The number of hydrogen-bond donors (Lipinski definition) is 3. The summed E-state index contributed by atoms with van der Waals surface area (Å²) >= 11 is 0. The fraction of sp³-hybridized carbons (Fsp3) is 0.957. The van der Waals surface area contributed by atoms with Crippen molar-refractivity contribution in [1.29, 1.82) is 0 Å². The molecule has 0 bridgehead atoms. The first-order chi connectivity index (χ1) is 28.2. The fourth-order valence-electron chi connectivity index (χ4n) is 7.23. The van der Waals surface area contributed by atoms with Crippen LogP contribution in [0.5, 0.6) is 0 Å². The van der Waals surface area contributed by atoms with Crippen LogP contribution in [0.2, 0.25) is 0 Å². The second kappa shape index (κ2) is 44.0. The van der Waals surface area contributed by atoms with E-state index in [2.05, 4.69) is 13.8 Å². The Bertz CT molecular complexity index is 935. The van der Waals surface area contributed by atoms with Gasteiger partial charge >= 0.3 is 19.8 Å². The molecule has 0 amide bonds. The number of esters is 2. The molecule has 0 saturated heterocycles. The third-order valence-electron chi connectivity index (χ3n) is 11.0. The number of phosphoric ester groups is 1. The van der Waals surface area contributed by atoms with Crippen LogP contribution in [0.15, 0.2) is 0 Å². The summed E-state index contributed by atoms with van der Waals surface area (Å²) in [5.41, 5.74) is 0. The molecule has 0 aromatic heterocycles. The molecule has 0 rings (SSSR count). The van der Waals surface area contributed by atoms with Crippen molar-refractivity contribution in [2.24, 2.45) is 0 Å². The Labute approximate surface area is 356 Å². The molecule has 0 fully saturated rings. The highest BCUT2D eigenvalue weighted by Crippen LogP contribution is 2.43. The molecule has 1 unspecified atom stereocenters. The summed E-state index contributed by atoms with van der Waals surface area (Å²) in [5, 5.41) is 18.4. The van der Waals surface area contributed by atoms with Crippen LogP contribution in [-0.4, -0.2) is 65.7 Å². The highest BCUT2D eigenvalue weighted by atomic mass is 31.2. The van der Waals surface area contributed by atoms with Gasteiger partial charge in [0.15, 0.2) is 6.10 Å². The Kier molecular flexibility index (Phi) is 43.3. The van der Waals surface area contributed by atoms with Crippen molar-refractivity contribution < 1.29 is 47.8 Å². The number of phosphoric acid groups is 1. The Hall–Kier alpha value is -1.03. The van der Waals surface area contributed by atoms with Crippen molar-refractivity contribution in [2.45, 2.75) is 264 Å². The lowest BCUT2D eigenvalue weighted by atomic mass is 10.0. The summed E-state index contributed by atoms with van der Waals surface area (Å²) in [4.78, 5) is 35.1. The molecule has 58 heavy (non-hydrogen) atoms. The van der Waals surface area contributed by atoms with E-state index in [4.69, 9.17) is 23.6 Å². The summed E-state index contributed by atoms with van der Waals surface area (Å²) in [6.45, 7) is 2.45. The van der Waals surface area contributed by atoms with Crippen LogP contribution in [-0.2, 0) is 32.7 Å². The summed E-state index contributed by atoms with van der Waals surface area (Å²) in [7, 11) is -4.61. The minimum Gasteiger partial charge on any atom is -0.462 e. The average Bonchev–Trinajstić information content (AvgIpc) is 3.21. The quantitative estimate of drug-likeness (QED) is 0.0307. The van der Waals surface area contributed by atoms with Gasteiger partial charge in [0.05, 0.1) is 19.8 Å². The van der Waals surface area contributed by atoms with Crippen molar-refractivity contribution in [3.05, 3.63) is 0 Å². The second-order valence-corrected chi connectivity index (χ2v) is 18.3. The normalized spacial score (nSPS) is 13.7. The van der Waals surface area contributed by atoms with E-state index in [1.807, 2.05) is 0 Å². The Morgan fingerprint density at radius 3 is 1.07 bits per heavy atom. The van der Waals surface area contributed by atoms with Crippen LogP contribution < -0.4 is 0 Å². The van der Waals surface area contributed by atoms with Gasteiger partial charge in [-0.25, -0.2) is 4.57 Å². The van der Waals surface area contributed by atoms with E-state index in [1.54, 1.807) is 0 Å². The van der Waals surface area contributed by atoms with Crippen molar-refractivity contribution in [3.63, 3.8) is 0 Å². The number of carbonyl (C=O) groups is 2. The Morgan fingerprint density at radius 1 is 0.448 bits per heavy atom. The van der Waals surface area contributed by atoms with E-state index in [9.17, 15) is 24.2 Å². The highest BCUT2D eigenvalue weighted by molar-refractivity contribution is 7.47. The van der Waals surface area contributed by atoms with Crippen LogP contribution in [0.4, 0.5) is 0 Å². The van der Waals surface area contributed by atoms with Gasteiger partial charge in [0.2, 0.25) is 0 Å². The molecule has 3 N–H and O–H groups in total. The van der Waals surface area contributed by atoms with Crippen LogP contribution in [0.25, 0.3) is 0 Å². The van der Waals surface area contributed by atoms with Gasteiger partial charge in [-0.15, -0.1) is 0 Å². The first kappa shape index (κ1) is 57.0. The zero-order chi connectivity index (χ0) is 42.6. The van der Waals surface area contributed by atoms with Crippen molar-refractivity contribution >= 4 is 19.8 Å². The lowest BCUT2D eigenvalue weighted by Gasteiger charge is -2.20. The number of hydrogen-bond acceptors (Lipinski definition) is 9. The third kappa shape index (κ3) is 43.1. The SMILES string of the molecule is CCCCCCCCCCCCCCCCCCCCC(=O)O[C@H](COC(=O)CCCCCCCCCCCCCCCCCCC)COP(=O)(O)OC[C@@H](O)CO. The minimum absolute atomic E-state index is 0.193. The Morgan fingerprint density at radius 2 is 0.741 bits per heavy atom. The Balaban J connectivity index is 4.16. The summed E-state index contributed by atoms with van der Waals surface area (Å²) in [6, 6.07) is 0. The lowest BCUT2D eigenvalue weighted by Crippen LogP contribution is -2.29. The number of rotatable bonds is 47. The maximum Gasteiger partial charge on any atom is 0.472 e. The molecule has 346 valence electrons. The van der Waals surface area contributed by atoms with Gasteiger partial charge in [0.25, 0.3) is 0 Å². The molecule has 0 aromatic carbocycles. The number of aliphatic hydroxyl groups excluding tert-OH is 2. The van der Waals surface area contributed by atoms with E-state index in [0.29, 0.717) is 12.8 Å². The van der Waals surface area contributed by atoms with Crippen molar-refractivity contribution in [3.8, 4) is 0 Å². The molecule has 0 spiro atoms. The molecular formula is C47H93O10P. The van der Waals surface area contributed by atoms with E-state index >= 15 is 0 Å². The molecule has 0 heterocycles. The number of ether oxygens (including phenoxy) is 2. The predicted molar refractivity (Wildman–Crippen MR) is 238 cm³/mol. The second-order valence-electron chi connectivity index (χ2n) is 16.9. The molecule has 0 saturated carbocycles. The van der Waals surface area contributed by atoms with Gasteiger partial charge in [0, 0.05) is 12.8 Å². The van der Waals surface area contributed by atoms with Gasteiger partial charge in [-0.3, -0.25) is 18.6 Å². The number of unbranched alkanes of at least 4 members (excludes halogenated alkanes) is 33. The first-order valence-corrected chi connectivity index (χ1v) is 26.0. The predicted octanol–water partition coefficient (Wildman–Crippen LogP) is 13.4.